The molecule has 0 aliphatic rings. The number of quaternary nitrogens is 1. The maximum Gasteiger partial charge on any atom is 0.275 e. The summed E-state index contributed by atoms with van der Waals surface area (Å²) in [6, 6.07) is 16.7. The zero-order chi connectivity index (χ0) is 17.8. The number of fused-ring (bicyclic) bond motifs is 1. The smallest absolute Gasteiger partial charge is 0.275 e. The summed E-state index contributed by atoms with van der Waals surface area (Å²) >= 11 is 1.76. The lowest BCUT2D eigenvalue weighted by Crippen LogP contribution is -3.08. The van der Waals surface area contributed by atoms with Crippen molar-refractivity contribution in [1.29, 1.82) is 0 Å². The summed E-state index contributed by atoms with van der Waals surface area (Å²) in [7, 11) is 2.07. The maximum absolute atomic E-state index is 12.5. The Morgan fingerprint density at radius 3 is 2.68 bits per heavy atom. The topological polar surface area (TPSA) is 33.5 Å². The molecule has 0 aliphatic heterocycles. The predicted molar refractivity (Wildman–Crippen MR) is 105 cm³/mol. The second-order valence-electron chi connectivity index (χ2n) is 6.70. The van der Waals surface area contributed by atoms with Crippen LogP contribution in [0.15, 0.2) is 53.9 Å². The van der Waals surface area contributed by atoms with E-state index in [0.29, 0.717) is 6.54 Å². The third-order valence-electron chi connectivity index (χ3n) is 4.56. The fraction of sp³-hybridized carbons (Fsp3) is 0.286. The zero-order valence-electron chi connectivity index (χ0n) is 15.0. The van der Waals surface area contributed by atoms with Crippen LogP contribution in [0.2, 0.25) is 0 Å². The molecule has 2 atom stereocenters. The number of benzene rings is 2. The third-order valence-corrected chi connectivity index (χ3v) is 5.58. The summed E-state index contributed by atoms with van der Waals surface area (Å²) in [5.41, 5.74) is 2.48. The maximum atomic E-state index is 12.5. The Balaban J connectivity index is 1.63. The minimum absolute atomic E-state index is 0.00475. The fourth-order valence-electron chi connectivity index (χ4n) is 3.19. The molecule has 0 saturated heterocycles. The number of aryl methyl sites for hydroxylation is 1. The molecule has 1 unspecified atom stereocenters. The van der Waals surface area contributed by atoms with E-state index >= 15 is 0 Å². The van der Waals surface area contributed by atoms with Crippen molar-refractivity contribution < 1.29 is 9.69 Å². The van der Waals surface area contributed by atoms with Crippen molar-refractivity contribution in [1.82, 2.24) is 5.32 Å². The summed E-state index contributed by atoms with van der Waals surface area (Å²) in [5, 5.41) is 7.68. The second kappa shape index (κ2) is 7.81. The van der Waals surface area contributed by atoms with Crippen molar-refractivity contribution in [3.63, 3.8) is 0 Å². The van der Waals surface area contributed by atoms with Gasteiger partial charge in [0, 0.05) is 0 Å². The summed E-state index contributed by atoms with van der Waals surface area (Å²) in [4.78, 5) is 15.0. The lowest BCUT2D eigenvalue weighted by Gasteiger charge is -2.18. The molecule has 1 amide bonds. The van der Waals surface area contributed by atoms with Gasteiger partial charge in [-0.15, -0.1) is 11.3 Å². The molecule has 2 aromatic carbocycles. The molecule has 3 aromatic rings. The van der Waals surface area contributed by atoms with Crippen LogP contribution in [0.25, 0.3) is 10.8 Å². The normalized spacial score (nSPS) is 13.6. The molecule has 2 N–H and O–H groups in total. The van der Waals surface area contributed by atoms with Gasteiger partial charge in [0.25, 0.3) is 5.91 Å². The van der Waals surface area contributed by atoms with Crippen LogP contribution in [0.3, 0.4) is 0 Å². The van der Waals surface area contributed by atoms with Gasteiger partial charge in [-0.3, -0.25) is 4.79 Å². The van der Waals surface area contributed by atoms with E-state index in [1.54, 1.807) is 11.3 Å². The molecular formula is C21H25N2OS+. The summed E-state index contributed by atoms with van der Waals surface area (Å²) in [5.74, 6) is 0.0899. The molecule has 3 nitrogen and oxygen atoms in total. The molecular weight excluding hydrogens is 328 g/mol. The first-order valence-electron chi connectivity index (χ1n) is 8.66. The van der Waals surface area contributed by atoms with Crippen molar-refractivity contribution >= 4 is 28.0 Å². The van der Waals surface area contributed by atoms with E-state index < -0.39 is 0 Å². The number of thiophene rings is 1. The number of hydrogen-bond acceptors (Lipinski definition) is 2. The Morgan fingerprint density at radius 2 is 1.92 bits per heavy atom. The standard InChI is InChI=1S/C21H24N2OS/c1-15-11-12-25-20(15)13-23(3)14-21(24)22-16(2)18-10-6-8-17-7-4-5-9-19(17)18/h4-12,16H,13-14H2,1-3H3,(H,22,24)/p+1/t16-/m0/s1. The average molecular weight is 354 g/mol. The Kier molecular flexibility index (Phi) is 5.51. The summed E-state index contributed by atoms with van der Waals surface area (Å²) < 4.78 is 0. The van der Waals surface area contributed by atoms with Crippen LogP contribution >= 0.6 is 11.3 Å². The van der Waals surface area contributed by atoms with E-state index in [1.165, 1.54) is 31.7 Å². The summed E-state index contributed by atoms with van der Waals surface area (Å²) in [6.07, 6.45) is 0. The van der Waals surface area contributed by atoms with Crippen LogP contribution < -0.4 is 10.2 Å². The first kappa shape index (κ1) is 17.6. The van der Waals surface area contributed by atoms with Gasteiger partial charge in [0.1, 0.15) is 6.54 Å². The average Bonchev–Trinajstić information content (AvgIpc) is 2.98. The molecule has 0 saturated carbocycles. The minimum Gasteiger partial charge on any atom is -0.345 e. The molecule has 4 heteroatoms. The lowest BCUT2D eigenvalue weighted by molar-refractivity contribution is -0.885. The van der Waals surface area contributed by atoms with Crippen LogP contribution in [0, 0.1) is 6.92 Å². The Hall–Kier alpha value is -2.17. The Labute approximate surface area is 153 Å². The van der Waals surface area contributed by atoms with Crippen molar-refractivity contribution in [2.45, 2.75) is 26.4 Å². The first-order valence-corrected chi connectivity index (χ1v) is 9.54. The van der Waals surface area contributed by atoms with Crippen molar-refractivity contribution in [3.8, 4) is 0 Å². The number of amides is 1. The molecule has 1 heterocycles. The highest BCUT2D eigenvalue weighted by molar-refractivity contribution is 7.10. The number of hydrogen-bond donors (Lipinski definition) is 2. The van der Waals surface area contributed by atoms with E-state index in [2.05, 4.69) is 68.0 Å². The minimum atomic E-state index is -0.00475. The highest BCUT2D eigenvalue weighted by atomic mass is 32.1. The Morgan fingerprint density at radius 1 is 1.16 bits per heavy atom. The summed E-state index contributed by atoms with van der Waals surface area (Å²) in [6.45, 7) is 5.55. The molecule has 0 aliphatic carbocycles. The van der Waals surface area contributed by atoms with Crippen LogP contribution in [0.1, 0.15) is 29.0 Å². The SMILES string of the molecule is Cc1ccsc1C[NH+](C)CC(=O)N[C@@H](C)c1cccc2ccccc12. The fourth-order valence-corrected chi connectivity index (χ4v) is 4.21. The highest BCUT2D eigenvalue weighted by Crippen LogP contribution is 2.23. The van der Waals surface area contributed by atoms with Crippen LogP contribution in [-0.4, -0.2) is 19.5 Å². The number of carbonyl (C=O) groups excluding carboxylic acids is 1. The van der Waals surface area contributed by atoms with E-state index in [0.717, 1.165) is 6.54 Å². The van der Waals surface area contributed by atoms with E-state index in [-0.39, 0.29) is 11.9 Å². The van der Waals surface area contributed by atoms with Crippen molar-refractivity contribution in [3.05, 3.63) is 69.9 Å². The van der Waals surface area contributed by atoms with E-state index in [1.807, 2.05) is 12.1 Å². The van der Waals surface area contributed by atoms with Gasteiger partial charge in [-0.2, -0.15) is 0 Å². The van der Waals surface area contributed by atoms with E-state index in [4.69, 9.17) is 0 Å². The molecule has 130 valence electrons. The molecule has 0 spiro atoms. The molecule has 0 fully saturated rings. The largest absolute Gasteiger partial charge is 0.345 e. The Bertz CT molecular complexity index is 866. The van der Waals surface area contributed by atoms with Gasteiger partial charge in [-0.1, -0.05) is 42.5 Å². The van der Waals surface area contributed by atoms with Gasteiger partial charge >= 0.3 is 0 Å². The third kappa shape index (κ3) is 4.27. The molecule has 0 radical (unpaired) electrons. The van der Waals surface area contributed by atoms with Gasteiger partial charge in [-0.05, 0) is 47.2 Å². The second-order valence-corrected chi connectivity index (χ2v) is 7.70. The number of nitrogens with one attached hydrogen (secondary N) is 2. The van der Waals surface area contributed by atoms with Gasteiger partial charge in [-0.25, -0.2) is 0 Å². The van der Waals surface area contributed by atoms with Crippen LogP contribution in [0.5, 0.6) is 0 Å². The molecule has 1 aromatic heterocycles. The zero-order valence-corrected chi connectivity index (χ0v) is 15.8. The van der Waals surface area contributed by atoms with E-state index in [9.17, 15) is 4.79 Å². The monoisotopic (exact) mass is 353 g/mol. The van der Waals surface area contributed by atoms with Gasteiger partial charge in [0.2, 0.25) is 0 Å². The number of rotatable bonds is 6. The van der Waals surface area contributed by atoms with Crippen LogP contribution in [-0.2, 0) is 11.3 Å². The number of carbonyl (C=O) groups is 1. The first-order chi connectivity index (χ1) is 12.0. The van der Waals surface area contributed by atoms with Crippen molar-refractivity contribution in [2.24, 2.45) is 0 Å². The predicted octanol–water partition coefficient (Wildman–Crippen LogP) is 3.10. The van der Waals surface area contributed by atoms with Gasteiger partial charge < -0.3 is 10.2 Å². The molecule has 3 rings (SSSR count). The number of likely N-dealkylation sites (N-methyl/N-ethyl adjacent to an activating group) is 1. The van der Waals surface area contributed by atoms with Crippen molar-refractivity contribution in [2.75, 3.05) is 13.6 Å². The lowest BCUT2D eigenvalue weighted by atomic mass is 10.00. The molecule has 0 bridgehead atoms. The molecule has 25 heavy (non-hydrogen) atoms. The van der Waals surface area contributed by atoms with Gasteiger partial charge in [0.05, 0.1) is 18.0 Å². The highest BCUT2D eigenvalue weighted by Gasteiger charge is 2.16. The van der Waals surface area contributed by atoms with Crippen LogP contribution in [0.4, 0.5) is 0 Å². The quantitative estimate of drug-likeness (QED) is 0.701. The van der Waals surface area contributed by atoms with Gasteiger partial charge in [0.15, 0.2) is 6.54 Å².